The van der Waals surface area contributed by atoms with Gasteiger partial charge in [-0.1, -0.05) is 71.5 Å². The monoisotopic (exact) mass is 509 g/mol. The van der Waals surface area contributed by atoms with Gasteiger partial charge in [-0.05, 0) is 79.2 Å². The van der Waals surface area contributed by atoms with Crippen molar-refractivity contribution < 1.29 is 0 Å². The molecule has 2 heterocycles. The van der Waals surface area contributed by atoms with Crippen LogP contribution in [0.5, 0.6) is 0 Å². The molecule has 4 aromatic carbocycles. The molecule has 0 bridgehead atoms. The molecule has 182 valence electrons. The van der Waals surface area contributed by atoms with E-state index in [0.717, 1.165) is 46.6 Å². The first-order valence-electron chi connectivity index (χ1n) is 13.0. The van der Waals surface area contributed by atoms with Crippen molar-refractivity contribution in [2.45, 2.75) is 19.3 Å². The van der Waals surface area contributed by atoms with E-state index in [4.69, 9.17) is 15.2 Å². The second kappa shape index (κ2) is 9.19. The first-order valence-corrected chi connectivity index (χ1v) is 14.7. The van der Waals surface area contributed by atoms with Crippen molar-refractivity contribution in [2.24, 2.45) is 4.76 Å². The summed E-state index contributed by atoms with van der Waals surface area (Å²) < 4.78 is 8.14. The number of nitrogens with one attached hydrogen (secondary N) is 1. The molecule has 1 aliphatic carbocycles. The molecular formula is C33H26N4P+. The third-order valence-electron chi connectivity index (χ3n) is 7.55. The Bertz CT molecular complexity index is 1840. The van der Waals surface area contributed by atoms with Crippen LogP contribution < -0.4 is 26.6 Å². The van der Waals surface area contributed by atoms with Gasteiger partial charge < -0.3 is 0 Å². The van der Waals surface area contributed by atoms with Gasteiger partial charge in [-0.25, -0.2) is 4.98 Å². The largest absolute Gasteiger partial charge is 0.273 e. The Morgan fingerprint density at radius 3 is 1.79 bits per heavy atom. The van der Waals surface area contributed by atoms with E-state index in [2.05, 4.69) is 113 Å². The van der Waals surface area contributed by atoms with Crippen LogP contribution in [-0.2, 0) is 12.8 Å². The number of rotatable bonds is 4. The van der Waals surface area contributed by atoms with Crippen LogP contribution in [0.25, 0.3) is 16.7 Å². The number of nitrogens with zero attached hydrogens (tertiary/aromatic N) is 3. The van der Waals surface area contributed by atoms with Gasteiger partial charge in [0.25, 0.3) is 0 Å². The van der Waals surface area contributed by atoms with Crippen molar-refractivity contribution in [3.05, 3.63) is 137 Å². The van der Waals surface area contributed by atoms with Gasteiger partial charge in [0.15, 0.2) is 11.1 Å². The van der Waals surface area contributed by atoms with Crippen molar-refractivity contribution >= 4 is 45.9 Å². The maximum Gasteiger partial charge on any atom is 0.232 e. The minimum absolute atomic E-state index is 0.771. The van der Waals surface area contributed by atoms with Crippen molar-refractivity contribution in [2.75, 3.05) is 0 Å². The lowest BCUT2D eigenvalue weighted by molar-refractivity contribution is 0.902. The van der Waals surface area contributed by atoms with Gasteiger partial charge >= 0.3 is 0 Å². The van der Waals surface area contributed by atoms with Crippen LogP contribution in [0, 0.1) is 5.41 Å². The Hall–Kier alpha value is -4.36. The number of para-hydroxylation sites is 2. The first-order chi connectivity index (χ1) is 18.8. The van der Waals surface area contributed by atoms with E-state index in [1.54, 1.807) is 0 Å². The molecule has 0 aliphatic heterocycles. The lowest BCUT2D eigenvalue weighted by atomic mass is 10.1. The summed E-state index contributed by atoms with van der Waals surface area (Å²) in [6.07, 6.45) is 2.90. The SMILES string of the molecule is N=C=c1c2c(/c(=N\[P+](c3ccccc3)(c3ccccc3)c3ccccc3)n3c1nc1ccccc13)CCC2. The fourth-order valence-electron chi connectivity index (χ4n) is 5.87. The molecule has 0 atom stereocenters. The fourth-order valence-corrected chi connectivity index (χ4v) is 9.42. The molecular weight excluding hydrogens is 483 g/mol. The van der Waals surface area contributed by atoms with Crippen molar-refractivity contribution in [1.29, 1.82) is 5.41 Å². The van der Waals surface area contributed by atoms with Crippen LogP contribution >= 0.6 is 7.41 Å². The van der Waals surface area contributed by atoms with Crippen molar-refractivity contribution in [3.8, 4) is 0 Å². The van der Waals surface area contributed by atoms with E-state index < -0.39 is 7.41 Å². The van der Waals surface area contributed by atoms with Gasteiger partial charge in [0, 0.05) is 5.56 Å². The smallest absolute Gasteiger partial charge is 0.232 e. The zero-order chi connectivity index (χ0) is 25.5. The van der Waals surface area contributed by atoms with E-state index in [1.165, 1.54) is 27.0 Å². The van der Waals surface area contributed by atoms with Gasteiger partial charge in [0.05, 0.1) is 16.3 Å². The molecule has 0 fully saturated rings. The predicted octanol–water partition coefficient (Wildman–Crippen LogP) is 4.42. The molecule has 1 aliphatic rings. The van der Waals surface area contributed by atoms with Gasteiger partial charge in [0.2, 0.25) is 7.41 Å². The molecule has 2 aromatic heterocycles. The number of hydrogen-bond acceptors (Lipinski definition) is 3. The summed E-state index contributed by atoms with van der Waals surface area (Å²) in [6, 6.07) is 40.5. The Labute approximate surface area is 221 Å². The number of hydrogen-bond donors (Lipinski definition) is 1. The zero-order valence-corrected chi connectivity index (χ0v) is 21.8. The van der Waals surface area contributed by atoms with Gasteiger partial charge in [-0.2, -0.15) is 0 Å². The summed E-state index contributed by atoms with van der Waals surface area (Å²) in [5.41, 5.74) is 6.06. The molecule has 6 aromatic rings. The molecule has 0 saturated heterocycles. The van der Waals surface area contributed by atoms with E-state index in [0.29, 0.717) is 0 Å². The van der Waals surface area contributed by atoms with Gasteiger partial charge in [-0.15, -0.1) is 0 Å². The number of fused-ring (bicyclic) bond motifs is 4. The first kappa shape index (κ1) is 22.8. The summed E-state index contributed by atoms with van der Waals surface area (Å²) in [5, 5.41) is 12.6. The molecule has 5 heteroatoms. The lowest BCUT2D eigenvalue weighted by Crippen LogP contribution is -2.34. The summed E-state index contributed by atoms with van der Waals surface area (Å²) in [4.78, 5) is 5.01. The molecule has 0 unspecified atom stereocenters. The predicted molar refractivity (Wildman–Crippen MR) is 157 cm³/mol. The summed E-state index contributed by atoms with van der Waals surface area (Å²) in [6.45, 7) is 0. The maximum atomic E-state index is 8.19. The van der Waals surface area contributed by atoms with Crippen LogP contribution in [0.2, 0.25) is 0 Å². The number of imidazole rings is 1. The number of pyridine rings is 1. The summed E-state index contributed by atoms with van der Waals surface area (Å²) in [5.74, 6) is 2.75. The molecule has 0 amide bonds. The standard InChI is InChI=1S/C33H26N4P/c34-23-29-27-19-12-20-28(27)33(37-31-22-11-10-21-30(31)35-32(29)37)36-38(24-13-4-1-5-14-24,25-15-6-2-7-16-25)26-17-8-3-9-18-26/h1-11,13-18,21-22,34H,12,19-20H2/q+1/b36-33+. The average molecular weight is 510 g/mol. The highest BCUT2D eigenvalue weighted by atomic mass is 31.2. The van der Waals surface area contributed by atoms with Crippen LogP contribution in [-0.4, -0.2) is 15.3 Å². The van der Waals surface area contributed by atoms with Crippen LogP contribution in [0.1, 0.15) is 17.5 Å². The van der Waals surface area contributed by atoms with Crippen LogP contribution in [0.4, 0.5) is 0 Å². The maximum absolute atomic E-state index is 8.19. The molecule has 0 spiro atoms. The topological polar surface area (TPSA) is 53.5 Å². The highest BCUT2D eigenvalue weighted by Crippen LogP contribution is 2.56. The molecule has 4 nitrogen and oxygen atoms in total. The highest BCUT2D eigenvalue weighted by Gasteiger charge is 2.47. The number of benzene rings is 4. The Morgan fingerprint density at radius 2 is 1.21 bits per heavy atom. The van der Waals surface area contributed by atoms with E-state index in [1.807, 2.05) is 12.1 Å². The van der Waals surface area contributed by atoms with E-state index >= 15 is 0 Å². The molecule has 0 saturated carbocycles. The van der Waals surface area contributed by atoms with Crippen molar-refractivity contribution in [3.63, 3.8) is 0 Å². The third-order valence-corrected chi connectivity index (χ3v) is 11.2. The Kier molecular flexibility index (Phi) is 5.51. The average Bonchev–Trinajstić information content (AvgIpc) is 3.63. The quantitative estimate of drug-likeness (QED) is 0.278. The van der Waals surface area contributed by atoms with Crippen LogP contribution in [0.3, 0.4) is 0 Å². The van der Waals surface area contributed by atoms with Crippen LogP contribution in [0.15, 0.2) is 120 Å². The molecule has 7 rings (SSSR count). The zero-order valence-electron chi connectivity index (χ0n) is 20.9. The molecule has 1 N–H and O–H groups in total. The number of aromatic nitrogens is 2. The second-order valence-corrected chi connectivity index (χ2v) is 12.7. The minimum Gasteiger partial charge on any atom is -0.273 e. The minimum atomic E-state index is -2.48. The Morgan fingerprint density at radius 1 is 0.684 bits per heavy atom. The Balaban J connectivity index is 1.75. The van der Waals surface area contributed by atoms with Gasteiger partial charge in [-0.3, -0.25) is 9.81 Å². The fraction of sp³-hybridized carbons (Fsp3) is 0.0909. The van der Waals surface area contributed by atoms with Crippen molar-refractivity contribution in [1.82, 2.24) is 9.38 Å². The third kappa shape index (κ3) is 3.39. The normalized spacial score (nSPS) is 13.6. The lowest BCUT2D eigenvalue weighted by Gasteiger charge is -2.22. The van der Waals surface area contributed by atoms with E-state index in [9.17, 15) is 0 Å². The van der Waals surface area contributed by atoms with E-state index in [-0.39, 0.29) is 0 Å². The van der Waals surface area contributed by atoms with Gasteiger partial charge in [0.1, 0.15) is 15.9 Å². The second-order valence-electron chi connectivity index (χ2n) is 9.64. The molecule has 0 radical (unpaired) electrons. The summed E-state index contributed by atoms with van der Waals surface area (Å²) >= 11 is 0. The summed E-state index contributed by atoms with van der Waals surface area (Å²) in [7, 11) is -2.48. The highest BCUT2D eigenvalue weighted by molar-refractivity contribution is 7.94. The molecule has 38 heavy (non-hydrogen) atoms.